The number of aromatic hydroxyl groups is 1. The monoisotopic (exact) mass is 610 g/mol. The molecule has 0 radical (unpaired) electrons. The molecule has 46 heavy (non-hydrogen) atoms. The van der Waals surface area contributed by atoms with Gasteiger partial charge in [-0.3, -0.25) is 0 Å². The summed E-state index contributed by atoms with van der Waals surface area (Å²) in [4.78, 5) is 0. The van der Waals surface area contributed by atoms with E-state index >= 15 is 0 Å². The van der Waals surface area contributed by atoms with E-state index < -0.39 is 0 Å². The maximum Gasteiger partial charge on any atom is 0.130 e. The summed E-state index contributed by atoms with van der Waals surface area (Å²) in [6.45, 7) is 2.29. The summed E-state index contributed by atoms with van der Waals surface area (Å²) in [5.41, 5.74) is 7.55. The fraction of sp³-hybridized carbons (Fsp3) is 0.333. The zero-order chi connectivity index (χ0) is 32.1. The Morgan fingerprint density at radius 2 is 0.826 bits per heavy atom. The van der Waals surface area contributed by atoms with Crippen molar-refractivity contribution in [3.05, 3.63) is 136 Å². The van der Waals surface area contributed by atoms with Gasteiger partial charge in [-0.2, -0.15) is 0 Å². The summed E-state index contributed by atoms with van der Waals surface area (Å²) in [6, 6.07) is 33.3. The summed E-state index contributed by atoms with van der Waals surface area (Å²) in [5.74, 6) is 0.348. The first-order valence-electron chi connectivity index (χ1n) is 17.8. The summed E-state index contributed by atoms with van der Waals surface area (Å²) in [7, 11) is 0. The van der Waals surface area contributed by atoms with Gasteiger partial charge in [-0.25, -0.2) is 0 Å². The SMILES string of the molecule is CCCCCCCCCCCCCCCc1c(/C=C/c2ccccc2)cc(/C=C/c2ccccc2)c(O)c1/C=C/c1ccccc1. The van der Waals surface area contributed by atoms with Crippen LogP contribution in [0.5, 0.6) is 5.75 Å². The first-order chi connectivity index (χ1) is 22.7. The zero-order valence-corrected chi connectivity index (χ0v) is 28.0. The Bertz CT molecular complexity index is 1480. The van der Waals surface area contributed by atoms with Crippen molar-refractivity contribution >= 4 is 36.5 Å². The highest BCUT2D eigenvalue weighted by Gasteiger charge is 2.14. The van der Waals surface area contributed by atoms with Crippen LogP contribution in [-0.4, -0.2) is 5.11 Å². The highest BCUT2D eigenvalue weighted by Crippen LogP contribution is 2.35. The lowest BCUT2D eigenvalue weighted by molar-refractivity contribution is 0.471. The second-order valence-electron chi connectivity index (χ2n) is 12.5. The largest absolute Gasteiger partial charge is 0.507 e. The average molecular weight is 611 g/mol. The van der Waals surface area contributed by atoms with Gasteiger partial charge in [0, 0.05) is 11.1 Å². The molecular weight excluding hydrogens is 556 g/mol. The Morgan fingerprint density at radius 3 is 1.28 bits per heavy atom. The van der Waals surface area contributed by atoms with E-state index in [0.29, 0.717) is 5.75 Å². The Balaban J connectivity index is 1.50. The zero-order valence-electron chi connectivity index (χ0n) is 28.0. The maximum atomic E-state index is 11.7. The van der Waals surface area contributed by atoms with E-state index in [1.807, 2.05) is 30.3 Å². The van der Waals surface area contributed by atoms with Crippen molar-refractivity contribution in [2.75, 3.05) is 0 Å². The van der Waals surface area contributed by atoms with Crippen LogP contribution in [0, 0.1) is 0 Å². The number of hydrogen-bond donors (Lipinski definition) is 1. The topological polar surface area (TPSA) is 20.2 Å². The molecule has 4 rings (SSSR count). The standard InChI is InChI=1S/C45H54O/c1-2-3-4-5-6-7-8-9-10-11-12-13-23-30-43-41(34-31-38-24-17-14-18-25-38)37-42(35-32-39-26-19-15-20-27-39)45(46)44(43)36-33-40-28-21-16-22-29-40/h14-22,24-29,31-37,46H,2-13,23,30H2,1H3/b34-31+,35-32+,36-33+. The molecule has 1 heteroatoms. The molecule has 0 heterocycles. The summed E-state index contributed by atoms with van der Waals surface area (Å²) in [6.07, 6.45) is 31.2. The molecule has 0 aliphatic rings. The Morgan fingerprint density at radius 1 is 0.435 bits per heavy atom. The smallest absolute Gasteiger partial charge is 0.130 e. The summed E-state index contributed by atoms with van der Waals surface area (Å²) >= 11 is 0. The van der Waals surface area contributed by atoms with Crippen LogP contribution >= 0.6 is 0 Å². The van der Waals surface area contributed by atoms with Crippen LogP contribution in [-0.2, 0) is 6.42 Å². The quantitative estimate of drug-likeness (QED) is 0.0779. The average Bonchev–Trinajstić information content (AvgIpc) is 3.10. The maximum absolute atomic E-state index is 11.7. The van der Waals surface area contributed by atoms with Crippen LogP contribution in [0.15, 0.2) is 97.1 Å². The molecule has 4 aromatic rings. The van der Waals surface area contributed by atoms with Gasteiger partial charge in [0.1, 0.15) is 5.75 Å². The van der Waals surface area contributed by atoms with Crippen molar-refractivity contribution in [1.82, 2.24) is 0 Å². The van der Waals surface area contributed by atoms with Crippen LogP contribution in [0.4, 0.5) is 0 Å². The normalized spacial score (nSPS) is 11.8. The molecule has 4 aromatic carbocycles. The fourth-order valence-corrected chi connectivity index (χ4v) is 6.07. The van der Waals surface area contributed by atoms with Gasteiger partial charge in [0.05, 0.1) is 0 Å². The van der Waals surface area contributed by atoms with Crippen LogP contribution in [0.25, 0.3) is 36.5 Å². The third-order valence-electron chi connectivity index (χ3n) is 8.80. The Labute approximate surface area is 279 Å². The molecule has 0 saturated heterocycles. The lowest BCUT2D eigenvalue weighted by Gasteiger charge is -2.16. The highest BCUT2D eigenvalue weighted by atomic mass is 16.3. The van der Waals surface area contributed by atoms with Gasteiger partial charge < -0.3 is 5.11 Å². The lowest BCUT2D eigenvalue weighted by Crippen LogP contribution is -1.98. The van der Waals surface area contributed by atoms with E-state index in [1.165, 1.54) is 93.7 Å². The molecule has 0 aromatic heterocycles. The van der Waals surface area contributed by atoms with Crippen LogP contribution in [0.2, 0.25) is 0 Å². The van der Waals surface area contributed by atoms with E-state index in [1.54, 1.807) is 0 Å². The molecular formula is C45H54O. The first-order valence-corrected chi connectivity index (χ1v) is 17.8. The lowest BCUT2D eigenvalue weighted by atomic mass is 9.90. The number of rotatable bonds is 20. The molecule has 0 bridgehead atoms. The molecule has 0 fully saturated rings. The molecule has 0 aliphatic carbocycles. The highest BCUT2D eigenvalue weighted by molar-refractivity contribution is 5.85. The van der Waals surface area contributed by atoms with Gasteiger partial charge in [0.25, 0.3) is 0 Å². The van der Waals surface area contributed by atoms with Gasteiger partial charge in [-0.05, 0) is 46.7 Å². The molecule has 1 N–H and O–H groups in total. The summed E-state index contributed by atoms with van der Waals surface area (Å²) < 4.78 is 0. The van der Waals surface area contributed by atoms with Crippen molar-refractivity contribution in [2.45, 2.75) is 96.8 Å². The second-order valence-corrected chi connectivity index (χ2v) is 12.5. The third-order valence-corrected chi connectivity index (χ3v) is 8.80. The van der Waals surface area contributed by atoms with E-state index in [-0.39, 0.29) is 0 Å². The van der Waals surface area contributed by atoms with E-state index in [9.17, 15) is 5.11 Å². The van der Waals surface area contributed by atoms with Gasteiger partial charge in [-0.1, -0.05) is 211 Å². The van der Waals surface area contributed by atoms with Crippen LogP contribution in [0.1, 0.15) is 129 Å². The van der Waals surface area contributed by atoms with Crippen molar-refractivity contribution in [2.24, 2.45) is 0 Å². The fourth-order valence-electron chi connectivity index (χ4n) is 6.07. The predicted octanol–water partition coefficient (Wildman–Crippen LogP) is 13.5. The Kier molecular flexibility index (Phi) is 15.7. The van der Waals surface area contributed by atoms with Gasteiger partial charge in [0.2, 0.25) is 0 Å². The van der Waals surface area contributed by atoms with E-state index in [0.717, 1.165) is 35.1 Å². The third kappa shape index (κ3) is 12.4. The number of phenolic OH excluding ortho intramolecular Hbond substituents is 1. The minimum absolute atomic E-state index is 0.348. The van der Waals surface area contributed by atoms with Gasteiger partial charge >= 0.3 is 0 Å². The summed E-state index contributed by atoms with van der Waals surface area (Å²) in [5, 5.41) is 11.7. The van der Waals surface area contributed by atoms with Crippen LogP contribution in [0.3, 0.4) is 0 Å². The van der Waals surface area contributed by atoms with Crippen molar-refractivity contribution in [1.29, 1.82) is 0 Å². The molecule has 0 saturated carbocycles. The number of phenols is 1. The Hall–Kier alpha value is -4.10. The van der Waals surface area contributed by atoms with E-state index in [2.05, 4.69) is 110 Å². The van der Waals surface area contributed by atoms with Crippen molar-refractivity contribution < 1.29 is 5.11 Å². The number of hydrogen-bond acceptors (Lipinski definition) is 1. The minimum atomic E-state index is 0.348. The predicted molar refractivity (Wildman–Crippen MR) is 204 cm³/mol. The molecule has 0 aliphatic heterocycles. The van der Waals surface area contributed by atoms with Gasteiger partial charge in [0.15, 0.2) is 0 Å². The first kappa shape index (κ1) is 34.8. The molecule has 240 valence electrons. The number of benzene rings is 4. The molecule has 1 nitrogen and oxygen atoms in total. The number of unbranched alkanes of at least 4 members (excludes halogenated alkanes) is 12. The molecule has 0 unspecified atom stereocenters. The molecule has 0 spiro atoms. The van der Waals surface area contributed by atoms with Gasteiger partial charge in [-0.15, -0.1) is 0 Å². The second kappa shape index (κ2) is 20.8. The van der Waals surface area contributed by atoms with Crippen molar-refractivity contribution in [3.8, 4) is 5.75 Å². The van der Waals surface area contributed by atoms with Crippen molar-refractivity contribution in [3.63, 3.8) is 0 Å². The molecule has 0 atom stereocenters. The molecule has 0 amide bonds. The van der Waals surface area contributed by atoms with E-state index in [4.69, 9.17) is 0 Å². The van der Waals surface area contributed by atoms with Crippen LogP contribution < -0.4 is 0 Å². The minimum Gasteiger partial charge on any atom is -0.507 e.